The zero-order chi connectivity index (χ0) is 25.3. The van der Waals surface area contributed by atoms with Crippen molar-refractivity contribution < 1.29 is 31.9 Å². The third-order valence-corrected chi connectivity index (χ3v) is 4.94. The number of amides is 2. The molecule has 0 bridgehead atoms. The zero-order valence-corrected chi connectivity index (χ0v) is 19.1. The zero-order valence-electron chi connectivity index (χ0n) is 19.1. The molecule has 0 spiro atoms. The summed E-state index contributed by atoms with van der Waals surface area (Å²) in [5.41, 5.74) is -2.57. The number of rotatable bonds is 4. The Morgan fingerprint density at radius 3 is 2.50 bits per heavy atom. The Hall–Kier alpha value is -3.31. The Kier molecular flexibility index (Phi) is 6.81. The van der Waals surface area contributed by atoms with Crippen molar-refractivity contribution in [1.29, 1.82) is 0 Å². The van der Waals surface area contributed by atoms with Gasteiger partial charge in [-0.3, -0.25) is 14.7 Å². The van der Waals surface area contributed by atoms with Crippen molar-refractivity contribution in [2.45, 2.75) is 64.1 Å². The number of carbonyl (C=O) groups excluding carboxylic acids is 2. The van der Waals surface area contributed by atoms with E-state index >= 15 is 0 Å². The van der Waals surface area contributed by atoms with E-state index in [0.29, 0.717) is 17.0 Å². The van der Waals surface area contributed by atoms with Crippen molar-refractivity contribution in [1.82, 2.24) is 25.2 Å². The van der Waals surface area contributed by atoms with Gasteiger partial charge in [0.2, 0.25) is 5.91 Å². The molecule has 0 saturated carbocycles. The van der Waals surface area contributed by atoms with E-state index in [1.54, 1.807) is 20.8 Å². The highest BCUT2D eigenvalue weighted by atomic mass is 19.4. The quantitative estimate of drug-likeness (QED) is 0.663. The Balaban J connectivity index is 1.69. The molecule has 1 saturated heterocycles. The molecule has 1 fully saturated rings. The molecule has 12 heteroatoms. The third kappa shape index (κ3) is 6.39. The Labute approximate surface area is 193 Å². The molecular weight excluding hydrogens is 458 g/mol. The van der Waals surface area contributed by atoms with Crippen LogP contribution in [0.1, 0.15) is 45.5 Å². The van der Waals surface area contributed by atoms with Gasteiger partial charge in [0.25, 0.3) is 0 Å². The van der Waals surface area contributed by atoms with Gasteiger partial charge in [-0.1, -0.05) is 0 Å². The Morgan fingerprint density at radius 2 is 1.91 bits per heavy atom. The molecule has 2 amide bonds. The van der Waals surface area contributed by atoms with Crippen molar-refractivity contribution in [3.8, 4) is 11.3 Å². The fourth-order valence-corrected chi connectivity index (χ4v) is 3.45. The van der Waals surface area contributed by atoms with Crippen LogP contribution in [0.2, 0.25) is 0 Å². The first-order valence-electron chi connectivity index (χ1n) is 10.5. The van der Waals surface area contributed by atoms with Crippen LogP contribution in [0.15, 0.2) is 30.7 Å². The molecule has 3 heterocycles. The van der Waals surface area contributed by atoms with E-state index in [0.717, 1.165) is 17.2 Å². The van der Waals surface area contributed by atoms with Gasteiger partial charge in [0.15, 0.2) is 0 Å². The summed E-state index contributed by atoms with van der Waals surface area (Å²) in [4.78, 5) is 37.8. The monoisotopic (exact) mass is 483 g/mol. The maximum absolute atomic E-state index is 14.6. The number of carbonyl (C=O) groups is 2. The second kappa shape index (κ2) is 9.15. The maximum atomic E-state index is 14.6. The Morgan fingerprint density at radius 1 is 1.21 bits per heavy atom. The van der Waals surface area contributed by atoms with Gasteiger partial charge in [0, 0.05) is 18.2 Å². The van der Waals surface area contributed by atoms with Crippen LogP contribution >= 0.6 is 0 Å². The fraction of sp³-hybridized carbons (Fsp3) is 0.500. The van der Waals surface area contributed by atoms with Crippen LogP contribution in [0, 0.1) is 0 Å². The lowest BCUT2D eigenvalue weighted by Crippen LogP contribution is -2.47. The van der Waals surface area contributed by atoms with E-state index in [2.05, 4.69) is 20.3 Å². The number of pyridine rings is 1. The summed E-state index contributed by atoms with van der Waals surface area (Å²) in [6.07, 6.45) is -3.27. The highest BCUT2D eigenvalue weighted by Crippen LogP contribution is 2.32. The number of alkyl halides is 4. The predicted octanol–water partition coefficient (Wildman–Crippen LogP) is 3.91. The van der Waals surface area contributed by atoms with Gasteiger partial charge in [-0.05, 0) is 45.9 Å². The van der Waals surface area contributed by atoms with Gasteiger partial charge in [-0.15, -0.1) is 0 Å². The third-order valence-electron chi connectivity index (χ3n) is 4.94. The normalized spacial score (nSPS) is 20.8. The van der Waals surface area contributed by atoms with Gasteiger partial charge < -0.3 is 10.1 Å². The molecule has 2 aromatic heterocycles. The molecule has 0 radical (unpaired) electrons. The van der Waals surface area contributed by atoms with E-state index in [9.17, 15) is 27.2 Å². The SMILES string of the molecule is CC1(F)C[C@@H](C(=O)NCc2cc(-c3ccc(C(F)(F)F)nc3)ncn2)N(C(=O)OC(C)(C)C)C1. The molecule has 2 atom stereocenters. The van der Waals surface area contributed by atoms with Crippen LogP contribution in [0.3, 0.4) is 0 Å². The highest BCUT2D eigenvalue weighted by Gasteiger charge is 2.47. The molecule has 2 aromatic rings. The Bertz CT molecular complexity index is 1050. The molecule has 8 nitrogen and oxygen atoms in total. The molecule has 0 aliphatic carbocycles. The number of ether oxygens (including phenoxy) is 1. The number of likely N-dealkylation sites (tertiary alicyclic amines) is 1. The van der Waals surface area contributed by atoms with E-state index in [4.69, 9.17) is 4.74 Å². The average molecular weight is 483 g/mol. The number of halogens is 4. The number of hydrogen-bond donors (Lipinski definition) is 1. The lowest BCUT2D eigenvalue weighted by atomic mass is 10.0. The lowest BCUT2D eigenvalue weighted by molar-refractivity contribution is -0.141. The van der Waals surface area contributed by atoms with Gasteiger partial charge in [-0.2, -0.15) is 13.2 Å². The summed E-state index contributed by atoms with van der Waals surface area (Å²) in [5.74, 6) is -0.580. The molecule has 3 rings (SSSR count). The van der Waals surface area contributed by atoms with E-state index < -0.39 is 41.2 Å². The van der Waals surface area contributed by atoms with Gasteiger partial charge in [0.05, 0.1) is 24.5 Å². The molecule has 1 aliphatic heterocycles. The number of nitrogens with one attached hydrogen (secondary N) is 1. The number of aromatic nitrogens is 3. The molecule has 1 aliphatic rings. The summed E-state index contributed by atoms with van der Waals surface area (Å²) in [7, 11) is 0. The number of hydrogen-bond acceptors (Lipinski definition) is 6. The van der Waals surface area contributed by atoms with Gasteiger partial charge in [0.1, 0.15) is 29.3 Å². The van der Waals surface area contributed by atoms with Crippen LogP contribution < -0.4 is 5.32 Å². The van der Waals surface area contributed by atoms with Crippen molar-refractivity contribution in [3.63, 3.8) is 0 Å². The van der Waals surface area contributed by atoms with Crippen molar-refractivity contribution in [3.05, 3.63) is 42.1 Å². The minimum absolute atomic E-state index is 0.0654. The van der Waals surface area contributed by atoms with Crippen molar-refractivity contribution in [2.75, 3.05) is 6.54 Å². The average Bonchev–Trinajstić information content (AvgIpc) is 3.06. The number of nitrogens with zero attached hydrogens (tertiary/aromatic N) is 4. The second-order valence-electron chi connectivity index (χ2n) is 9.28. The summed E-state index contributed by atoms with van der Waals surface area (Å²) in [6.45, 7) is 5.98. The van der Waals surface area contributed by atoms with Crippen molar-refractivity contribution in [2.24, 2.45) is 0 Å². The van der Waals surface area contributed by atoms with Gasteiger partial charge in [-0.25, -0.2) is 19.2 Å². The molecule has 184 valence electrons. The van der Waals surface area contributed by atoms with E-state index in [1.165, 1.54) is 25.4 Å². The second-order valence-corrected chi connectivity index (χ2v) is 9.28. The van der Waals surface area contributed by atoms with E-state index in [1.807, 2.05) is 0 Å². The fourth-order valence-electron chi connectivity index (χ4n) is 3.45. The largest absolute Gasteiger partial charge is 0.444 e. The van der Waals surface area contributed by atoms with Crippen LogP contribution in [0.5, 0.6) is 0 Å². The molecular formula is C22H25F4N5O3. The van der Waals surface area contributed by atoms with Crippen LogP contribution in [-0.2, 0) is 22.3 Å². The molecule has 1 unspecified atom stereocenters. The first-order chi connectivity index (χ1) is 15.6. The predicted molar refractivity (Wildman–Crippen MR) is 113 cm³/mol. The first kappa shape index (κ1) is 25.3. The van der Waals surface area contributed by atoms with E-state index in [-0.39, 0.29) is 19.5 Å². The minimum atomic E-state index is -4.55. The highest BCUT2D eigenvalue weighted by molar-refractivity contribution is 5.86. The summed E-state index contributed by atoms with van der Waals surface area (Å²) in [5, 5.41) is 2.62. The topological polar surface area (TPSA) is 97.3 Å². The first-order valence-corrected chi connectivity index (χ1v) is 10.5. The van der Waals surface area contributed by atoms with Gasteiger partial charge >= 0.3 is 12.3 Å². The summed E-state index contributed by atoms with van der Waals surface area (Å²) >= 11 is 0. The lowest BCUT2D eigenvalue weighted by Gasteiger charge is -2.27. The standard InChI is InChI=1S/C22H25F4N5O3/c1-20(2,3)34-19(33)31-11-21(4,23)8-16(31)18(32)28-10-14-7-15(30-12-29-14)13-5-6-17(27-9-13)22(24,25)26/h5-7,9,12,16H,8,10-11H2,1-4H3,(H,28,32)/t16-,21?/m0/s1. The smallest absolute Gasteiger partial charge is 0.433 e. The van der Waals surface area contributed by atoms with Crippen LogP contribution in [0.4, 0.5) is 22.4 Å². The molecule has 34 heavy (non-hydrogen) atoms. The minimum Gasteiger partial charge on any atom is -0.444 e. The van der Waals surface area contributed by atoms with Crippen LogP contribution in [-0.4, -0.2) is 55.7 Å². The van der Waals surface area contributed by atoms with Crippen molar-refractivity contribution >= 4 is 12.0 Å². The maximum Gasteiger partial charge on any atom is 0.433 e. The molecule has 0 aromatic carbocycles. The molecule has 1 N–H and O–H groups in total. The van der Waals surface area contributed by atoms with Crippen LogP contribution in [0.25, 0.3) is 11.3 Å². The summed E-state index contributed by atoms with van der Waals surface area (Å²) in [6, 6.07) is 2.51. The summed E-state index contributed by atoms with van der Waals surface area (Å²) < 4.78 is 58.1.